The molecule has 3 aromatic heterocycles. The van der Waals surface area contributed by atoms with Gasteiger partial charge in [0.2, 0.25) is 0 Å². The Morgan fingerprint density at radius 2 is 1.90 bits per heavy atom. The number of hydrogen-bond donors (Lipinski definition) is 0. The Morgan fingerprint density at radius 1 is 1.16 bits per heavy atom. The summed E-state index contributed by atoms with van der Waals surface area (Å²) >= 11 is 0. The molecular formula is C19H17F3N6O3. The van der Waals surface area contributed by atoms with Crippen molar-refractivity contribution in [1.82, 2.24) is 29.0 Å². The standard InChI is InChI=1S/C19H17F3N6O3/c1-26-15-14(17(30)27(2)18(26)31)10(19(20,21)22)8-11(25-15)13-4-3-7-28(13)16(29)12-9-23-5-6-24-12/h5-6,8-9,13H,3-4,7H2,1-2H3. The maximum atomic E-state index is 13.9. The van der Waals surface area contributed by atoms with Gasteiger partial charge in [0.15, 0.2) is 0 Å². The third-order valence-corrected chi connectivity index (χ3v) is 5.37. The van der Waals surface area contributed by atoms with E-state index in [2.05, 4.69) is 15.0 Å². The Kier molecular flexibility index (Phi) is 4.86. The summed E-state index contributed by atoms with van der Waals surface area (Å²) in [5.41, 5.74) is -3.43. The van der Waals surface area contributed by atoms with Crippen molar-refractivity contribution in [2.45, 2.75) is 25.1 Å². The van der Waals surface area contributed by atoms with E-state index in [1.807, 2.05) is 0 Å². The zero-order chi connectivity index (χ0) is 22.5. The Hall–Kier alpha value is -3.57. The highest BCUT2D eigenvalue weighted by atomic mass is 19.4. The number of carbonyl (C=O) groups is 1. The van der Waals surface area contributed by atoms with E-state index in [0.29, 0.717) is 24.0 Å². The molecule has 0 bridgehead atoms. The summed E-state index contributed by atoms with van der Waals surface area (Å²) in [4.78, 5) is 51.1. The van der Waals surface area contributed by atoms with E-state index in [-0.39, 0.29) is 17.0 Å². The van der Waals surface area contributed by atoms with Crippen molar-refractivity contribution in [2.75, 3.05) is 6.54 Å². The molecular weight excluding hydrogens is 417 g/mol. The number of hydrogen-bond acceptors (Lipinski definition) is 6. The Balaban J connectivity index is 1.93. The number of halogens is 3. The van der Waals surface area contributed by atoms with E-state index in [4.69, 9.17) is 0 Å². The van der Waals surface area contributed by atoms with Gasteiger partial charge in [-0.25, -0.2) is 14.8 Å². The minimum atomic E-state index is -4.86. The average molecular weight is 434 g/mol. The number of aryl methyl sites for hydroxylation is 1. The van der Waals surface area contributed by atoms with Crippen LogP contribution in [0, 0.1) is 0 Å². The Morgan fingerprint density at radius 3 is 2.55 bits per heavy atom. The molecule has 0 aliphatic carbocycles. The molecule has 9 nitrogen and oxygen atoms in total. The van der Waals surface area contributed by atoms with Crippen molar-refractivity contribution in [3.05, 3.63) is 62.4 Å². The first-order chi connectivity index (χ1) is 14.6. The Bertz CT molecular complexity index is 1300. The van der Waals surface area contributed by atoms with Gasteiger partial charge >= 0.3 is 11.9 Å². The average Bonchev–Trinajstić information content (AvgIpc) is 3.24. The summed E-state index contributed by atoms with van der Waals surface area (Å²) in [5.74, 6) is -0.482. The lowest BCUT2D eigenvalue weighted by atomic mass is 10.0. The first-order valence-electron chi connectivity index (χ1n) is 9.36. The number of nitrogens with zero attached hydrogens (tertiary/aromatic N) is 6. The predicted molar refractivity (Wildman–Crippen MR) is 102 cm³/mol. The smallest absolute Gasteiger partial charge is 0.329 e. The monoisotopic (exact) mass is 434 g/mol. The molecule has 1 amide bonds. The molecule has 1 aliphatic heterocycles. The molecule has 0 radical (unpaired) electrons. The maximum absolute atomic E-state index is 13.9. The van der Waals surface area contributed by atoms with Crippen molar-refractivity contribution in [3.8, 4) is 0 Å². The molecule has 12 heteroatoms. The van der Waals surface area contributed by atoms with Crippen molar-refractivity contribution < 1.29 is 18.0 Å². The number of fused-ring (bicyclic) bond motifs is 1. The van der Waals surface area contributed by atoms with Crippen LogP contribution >= 0.6 is 0 Å². The molecule has 1 aliphatic rings. The number of pyridine rings is 1. The second-order valence-electron chi connectivity index (χ2n) is 7.24. The van der Waals surface area contributed by atoms with Gasteiger partial charge in [-0.05, 0) is 18.9 Å². The summed E-state index contributed by atoms with van der Waals surface area (Å²) in [5, 5.41) is -0.689. The molecule has 162 valence electrons. The highest BCUT2D eigenvalue weighted by Gasteiger charge is 2.39. The summed E-state index contributed by atoms with van der Waals surface area (Å²) in [7, 11) is 2.36. The van der Waals surface area contributed by atoms with Crippen LogP contribution in [0.25, 0.3) is 11.0 Å². The van der Waals surface area contributed by atoms with Gasteiger partial charge < -0.3 is 4.90 Å². The molecule has 4 rings (SSSR count). The highest BCUT2D eigenvalue weighted by molar-refractivity contribution is 5.92. The van der Waals surface area contributed by atoms with Crippen molar-refractivity contribution in [2.24, 2.45) is 14.1 Å². The molecule has 0 saturated carbocycles. The van der Waals surface area contributed by atoms with Crippen molar-refractivity contribution >= 4 is 16.9 Å². The first kappa shape index (κ1) is 20.7. The van der Waals surface area contributed by atoms with Gasteiger partial charge in [0.25, 0.3) is 11.5 Å². The van der Waals surface area contributed by atoms with E-state index in [1.54, 1.807) is 0 Å². The fourth-order valence-corrected chi connectivity index (χ4v) is 3.84. The maximum Gasteiger partial charge on any atom is 0.417 e. The number of rotatable bonds is 2. The number of likely N-dealkylation sites (tertiary alicyclic amines) is 1. The third-order valence-electron chi connectivity index (χ3n) is 5.37. The van der Waals surface area contributed by atoms with Gasteiger partial charge in [0.05, 0.1) is 28.9 Å². The van der Waals surface area contributed by atoms with Gasteiger partial charge in [-0.15, -0.1) is 0 Å². The Labute approximate surface area is 172 Å². The van der Waals surface area contributed by atoms with Crippen molar-refractivity contribution in [3.63, 3.8) is 0 Å². The van der Waals surface area contributed by atoms with E-state index < -0.39 is 40.3 Å². The van der Waals surface area contributed by atoms with Gasteiger partial charge in [-0.2, -0.15) is 13.2 Å². The fourth-order valence-electron chi connectivity index (χ4n) is 3.84. The molecule has 0 N–H and O–H groups in total. The lowest BCUT2D eigenvalue weighted by molar-refractivity contribution is -0.136. The molecule has 1 fully saturated rings. The topological polar surface area (TPSA) is 103 Å². The third kappa shape index (κ3) is 3.37. The summed E-state index contributed by atoms with van der Waals surface area (Å²) in [6, 6.07) is 0.0281. The molecule has 1 saturated heterocycles. The highest BCUT2D eigenvalue weighted by Crippen LogP contribution is 2.38. The van der Waals surface area contributed by atoms with Crippen LogP contribution in [0.5, 0.6) is 0 Å². The van der Waals surface area contributed by atoms with Gasteiger partial charge in [0.1, 0.15) is 11.3 Å². The number of aromatic nitrogens is 5. The second kappa shape index (κ2) is 7.29. The molecule has 1 unspecified atom stereocenters. The summed E-state index contributed by atoms with van der Waals surface area (Å²) in [6.45, 7) is 0.302. The van der Waals surface area contributed by atoms with E-state index in [0.717, 1.165) is 17.7 Å². The first-order valence-corrected chi connectivity index (χ1v) is 9.36. The molecule has 1 atom stereocenters. The van der Waals surface area contributed by atoms with Gasteiger partial charge in [-0.3, -0.25) is 23.7 Å². The zero-order valence-corrected chi connectivity index (χ0v) is 16.5. The number of amides is 1. The fraction of sp³-hybridized carbons (Fsp3) is 0.368. The molecule has 31 heavy (non-hydrogen) atoms. The van der Waals surface area contributed by atoms with Gasteiger partial charge in [-0.1, -0.05) is 0 Å². The molecule has 0 aromatic carbocycles. The minimum absolute atomic E-state index is 0.0437. The van der Waals surface area contributed by atoms with E-state index in [9.17, 15) is 27.6 Å². The van der Waals surface area contributed by atoms with Crippen LogP contribution in [0.3, 0.4) is 0 Å². The lowest BCUT2D eigenvalue weighted by Gasteiger charge is -2.25. The van der Waals surface area contributed by atoms with Crippen LogP contribution in [0.1, 0.15) is 40.6 Å². The van der Waals surface area contributed by atoms with Crippen molar-refractivity contribution in [1.29, 1.82) is 0 Å². The van der Waals surface area contributed by atoms with Crippen LogP contribution in [0.4, 0.5) is 13.2 Å². The molecule has 3 aromatic rings. The quantitative estimate of drug-likeness (QED) is 0.605. The molecule has 4 heterocycles. The number of alkyl halides is 3. The summed E-state index contributed by atoms with van der Waals surface area (Å²) in [6.07, 6.45) is 0.0887. The zero-order valence-electron chi connectivity index (χ0n) is 16.5. The van der Waals surface area contributed by atoms with Crippen LogP contribution < -0.4 is 11.2 Å². The minimum Gasteiger partial charge on any atom is -0.329 e. The summed E-state index contributed by atoms with van der Waals surface area (Å²) < 4.78 is 43.2. The second-order valence-corrected chi connectivity index (χ2v) is 7.24. The van der Waals surface area contributed by atoms with E-state index in [1.165, 1.54) is 30.5 Å². The van der Waals surface area contributed by atoms with Crippen LogP contribution in [-0.4, -0.2) is 41.4 Å². The largest absolute Gasteiger partial charge is 0.417 e. The number of carbonyl (C=O) groups excluding carboxylic acids is 1. The normalized spacial score (nSPS) is 16.8. The van der Waals surface area contributed by atoms with Crippen LogP contribution in [0.2, 0.25) is 0 Å². The van der Waals surface area contributed by atoms with Gasteiger partial charge in [0, 0.05) is 33.0 Å². The lowest BCUT2D eigenvalue weighted by Crippen LogP contribution is -2.39. The molecule has 0 spiro atoms. The predicted octanol–water partition coefficient (Wildman–Crippen LogP) is 1.42. The van der Waals surface area contributed by atoms with E-state index >= 15 is 0 Å². The SMILES string of the molecule is Cn1c(=O)c2c(C(F)(F)F)cc(C3CCCN3C(=O)c3cnccn3)nc2n(C)c1=O. The van der Waals surface area contributed by atoms with Crippen LogP contribution in [0.15, 0.2) is 34.2 Å². The van der Waals surface area contributed by atoms with Crippen LogP contribution in [-0.2, 0) is 20.3 Å².